The highest BCUT2D eigenvalue weighted by Crippen LogP contribution is 2.60. The predicted molar refractivity (Wildman–Crippen MR) is 91.2 cm³/mol. The van der Waals surface area contributed by atoms with Crippen LogP contribution >= 0.6 is 12.4 Å². The van der Waals surface area contributed by atoms with Crippen molar-refractivity contribution < 1.29 is 9.53 Å². The second-order valence-corrected chi connectivity index (χ2v) is 7.59. The van der Waals surface area contributed by atoms with Crippen LogP contribution in [0, 0.1) is 11.3 Å². The van der Waals surface area contributed by atoms with Gasteiger partial charge in [0.25, 0.3) is 5.91 Å². The predicted octanol–water partition coefficient (Wildman–Crippen LogP) is 1.55. The lowest BCUT2D eigenvalue weighted by molar-refractivity contribution is -0.126. The summed E-state index contributed by atoms with van der Waals surface area (Å²) < 4.78 is 6.00. The first kappa shape index (κ1) is 16.4. The molecule has 3 N–H and O–H groups in total. The number of halogens is 1. The van der Waals surface area contributed by atoms with Crippen molar-refractivity contribution in [1.29, 1.82) is 0 Å². The molecular formula is C17H25ClN4O2. The molecule has 0 radical (unpaired) electrons. The fourth-order valence-electron chi connectivity index (χ4n) is 5.53. The summed E-state index contributed by atoms with van der Waals surface area (Å²) in [5.41, 5.74) is 2.95. The Balaban J connectivity index is 0.00000146. The Hall–Kier alpha value is -1.11. The van der Waals surface area contributed by atoms with Gasteiger partial charge in [-0.1, -0.05) is 12.8 Å². The van der Waals surface area contributed by atoms with E-state index in [-0.39, 0.29) is 29.8 Å². The smallest absolute Gasteiger partial charge is 0.272 e. The van der Waals surface area contributed by atoms with E-state index in [9.17, 15) is 4.79 Å². The lowest BCUT2D eigenvalue weighted by Crippen LogP contribution is -2.68. The molecule has 2 saturated carbocycles. The number of nitrogens with one attached hydrogen (secondary N) is 3. The Bertz CT molecular complexity index is 641. The van der Waals surface area contributed by atoms with Crippen molar-refractivity contribution in [2.45, 2.75) is 57.2 Å². The maximum Gasteiger partial charge on any atom is 0.272 e. The summed E-state index contributed by atoms with van der Waals surface area (Å²) in [4.78, 5) is 12.8. The zero-order valence-corrected chi connectivity index (χ0v) is 14.6. The first-order valence-electron chi connectivity index (χ1n) is 8.99. The molecule has 132 valence electrons. The summed E-state index contributed by atoms with van der Waals surface area (Å²) in [5, 5.41) is 14.0. The zero-order chi connectivity index (χ0) is 15.4. The van der Waals surface area contributed by atoms with Crippen molar-refractivity contribution in [2.75, 3.05) is 13.2 Å². The monoisotopic (exact) mass is 352 g/mol. The quantitative estimate of drug-likeness (QED) is 0.754. The molecule has 0 aromatic carbocycles. The largest absolute Gasteiger partial charge is 0.377 e. The van der Waals surface area contributed by atoms with Gasteiger partial charge in [-0.25, -0.2) is 0 Å². The van der Waals surface area contributed by atoms with Gasteiger partial charge in [0.05, 0.1) is 6.10 Å². The van der Waals surface area contributed by atoms with E-state index < -0.39 is 0 Å². The van der Waals surface area contributed by atoms with Crippen molar-refractivity contribution in [3.8, 4) is 0 Å². The van der Waals surface area contributed by atoms with E-state index in [1.807, 2.05) is 0 Å². The highest BCUT2D eigenvalue weighted by atomic mass is 35.5. The summed E-state index contributed by atoms with van der Waals surface area (Å²) >= 11 is 0. The van der Waals surface area contributed by atoms with Gasteiger partial charge in [0.1, 0.15) is 0 Å². The summed E-state index contributed by atoms with van der Waals surface area (Å²) in [6.07, 6.45) is 7.30. The highest BCUT2D eigenvalue weighted by Gasteiger charge is 2.65. The summed E-state index contributed by atoms with van der Waals surface area (Å²) in [6.45, 7) is 2.54. The van der Waals surface area contributed by atoms with Gasteiger partial charge in [0, 0.05) is 54.7 Å². The molecule has 6 nitrogen and oxygen atoms in total. The molecule has 1 aromatic heterocycles. The second-order valence-electron chi connectivity index (χ2n) is 7.59. The third kappa shape index (κ3) is 2.16. The Labute approximate surface area is 147 Å². The first-order valence-corrected chi connectivity index (χ1v) is 8.99. The van der Waals surface area contributed by atoms with Gasteiger partial charge in [-0.2, -0.15) is 5.10 Å². The molecule has 2 aliphatic heterocycles. The van der Waals surface area contributed by atoms with Crippen LogP contribution in [0.2, 0.25) is 0 Å². The number of rotatable bonds is 2. The SMILES string of the molecule is Cl.O=C(NC1C2CCOC2C12CCCC2)c1n[nH]c2c1CNCC2. The average Bonchev–Trinajstić information content (AvgIpc) is 3.29. The Morgan fingerprint density at radius 2 is 2.17 bits per heavy atom. The number of H-pyrrole nitrogens is 1. The molecule has 1 saturated heterocycles. The molecule has 5 rings (SSSR count). The zero-order valence-electron chi connectivity index (χ0n) is 13.8. The van der Waals surface area contributed by atoms with Crippen molar-refractivity contribution >= 4 is 18.3 Å². The third-order valence-corrected chi connectivity index (χ3v) is 6.59. The lowest BCUT2D eigenvalue weighted by atomic mass is 9.54. The molecule has 0 bridgehead atoms. The topological polar surface area (TPSA) is 79.0 Å². The van der Waals surface area contributed by atoms with E-state index in [0.717, 1.165) is 43.8 Å². The van der Waals surface area contributed by atoms with E-state index in [1.54, 1.807) is 0 Å². The van der Waals surface area contributed by atoms with Crippen LogP contribution in [0.5, 0.6) is 0 Å². The van der Waals surface area contributed by atoms with E-state index in [4.69, 9.17) is 4.74 Å². The van der Waals surface area contributed by atoms with Crippen LogP contribution in [0.25, 0.3) is 0 Å². The summed E-state index contributed by atoms with van der Waals surface area (Å²) in [5.74, 6) is 0.498. The van der Waals surface area contributed by atoms with E-state index >= 15 is 0 Å². The van der Waals surface area contributed by atoms with E-state index in [0.29, 0.717) is 17.7 Å². The standard InChI is InChI=1S/C17H24N4O2.ClH/c22-16(13-11-9-18-7-3-12(11)20-21-13)19-14-10-4-8-23-15(10)17(14)5-1-2-6-17;/h10,14-15,18H,1-9H2,(H,19,22)(H,20,21);1H. The molecule has 2 aliphatic carbocycles. The van der Waals surface area contributed by atoms with Crippen molar-refractivity contribution in [3.63, 3.8) is 0 Å². The van der Waals surface area contributed by atoms with Crippen LogP contribution in [0.3, 0.4) is 0 Å². The van der Waals surface area contributed by atoms with Crippen LogP contribution < -0.4 is 10.6 Å². The molecule has 4 aliphatic rings. The van der Waals surface area contributed by atoms with E-state index in [1.165, 1.54) is 25.7 Å². The number of ether oxygens (including phenoxy) is 1. The maximum absolute atomic E-state index is 12.8. The molecule has 3 atom stereocenters. The number of nitrogens with zero attached hydrogens (tertiary/aromatic N) is 1. The summed E-state index contributed by atoms with van der Waals surface area (Å²) in [6, 6.07) is 0.272. The minimum Gasteiger partial charge on any atom is -0.377 e. The normalized spacial score (nSPS) is 32.6. The van der Waals surface area contributed by atoms with Crippen LogP contribution in [-0.2, 0) is 17.7 Å². The molecule has 1 amide bonds. The Morgan fingerprint density at radius 3 is 3.00 bits per heavy atom. The Kier molecular flexibility index (Phi) is 4.09. The molecular weight excluding hydrogens is 328 g/mol. The number of amides is 1. The number of carbonyl (C=O) groups is 1. The van der Waals surface area contributed by atoms with E-state index in [2.05, 4.69) is 20.8 Å². The second kappa shape index (κ2) is 6.00. The van der Waals surface area contributed by atoms with Gasteiger partial charge in [0.15, 0.2) is 5.69 Å². The van der Waals surface area contributed by atoms with Gasteiger partial charge in [-0.3, -0.25) is 9.89 Å². The number of hydrogen-bond acceptors (Lipinski definition) is 4. The summed E-state index contributed by atoms with van der Waals surface area (Å²) in [7, 11) is 0. The Morgan fingerprint density at radius 1 is 1.33 bits per heavy atom. The van der Waals surface area contributed by atoms with Gasteiger partial charge >= 0.3 is 0 Å². The van der Waals surface area contributed by atoms with Crippen LogP contribution in [0.4, 0.5) is 0 Å². The first-order chi connectivity index (χ1) is 11.3. The molecule has 1 spiro atoms. The van der Waals surface area contributed by atoms with Crippen LogP contribution in [0.15, 0.2) is 0 Å². The highest BCUT2D eigenvalue weighted by molar-refractivity contribution is 5.94. The fraction of sp³-hybridized carbons (Fsp3) is 0.765. The van der Waals surface area contributed by atoms with Gasteiger partial charge in [-0.05, 0) is 19.3 Å². The van der Waals surface area contributed by atoms with Gasteiger partial charge < -0.3 is 15.4 Å². The van der Waals surface area contributed by atoms with Gasteiger partial charge in [-0.15, -0.1) is 12.4 Å². The van der Waals surface area contributed by atoms with Crippen LogP contribution in [0.1, 0.15) is 53.8 Å². The van der Waals surface area contributed by atoms with Crippen LogP contribution in [-0.4, -0.2) is 41.4 Å². The molecule has 1 aromatic rings. The van der Waals surface area contributed by atoms with Crippen molar-refractivity contribution in [2.24, 2.45) is 11.3 Å². The van der Waals surface area contributed by atoms with Crippen molar-refractivity contribution in [1.82, 2.24) is 20.8 Å². The minimum atomic E-state index is -0.00664. The fourth-order valence-corrected chi connectivity index (χ4v) is 5.53. The molecule has 7 heteroatoms. The number of aromatic nitrogens is 2. The third-order valence-electron chi connectivity index (χ3n) is 6.59. The molecule has 3 fully saturated rings. The lowest BCUT2D eigenvalue weighted by Gasteiger charge is -2.56. The average molecular weight is 353 g/mol. The molecule has 3 heterocycles. The molecule has 24 heavy (non-hydrogen) atoms. The number of carbonyl (C=O) groups excluding carboxylic acids is 1. The van der Waals surface area contributed by atoms with Crippen molar-refractivity contribution in [3.05, 3.63) is 17.0 Å². The number of fused-ring (bicyclic) bond motifs is 3. The van der Waals surface area contributed by atoms with Gasteiger partial charge in [0.2, 0.25) is 0 Å². The minimum absolute atomic E-state index is 0. The number of hydrogen-bond donors (Lipinski definition) is 3. The maximum atomic E-state index is 12.8. The number of aromatic amines is 1. The molecule has 3 unspecified atom stereocenters.